The molecule has 0 amide bonds. The van der Waals surface area contributed by atoms with E-state index in [1.54, 1.807) is 0 Å². The fourth-order valence-electron chi connectivity index (χ4n) is 1.06. The fraction of sp³-hybridized carbons (Fsp3) is 0.250. The second-order valence-corrected chi connectivity index (χ2v) is 6.49. The smallest absolute Gasteiger partial charge is 0.0686 e. The molecule has 0 fully saturated rings. The first-order chi connectivity index (χ1) is 5.13. The largest absolute Gasteiger partial charge is 0.0844 e. The minimum absolute atomic E-state index is 0.819. The zero-order valence-corrected chi connectivity index (χ0v) is 9.23. The molecule has 1 aromatic carbocycles. The van der Waals surface area contributed by atoms with Crippen LogP contribution in [-0.4, -0.2) is 8.80 Å². The van der Waals surface area contributed by atoms with E-state index in [0.717, 1.165) is 10.0 Å². The monoisotopic (exact) mass is 204 g/mol. The van der Waals surface area contributed by atoms with Crippen molar-refractivity contribution in [1.29, 1.82) is 0 Å². The molecule has 0 N–H and O–H groups in total. The second-order valence-electron chi connectivity index (χ2n) is 2.79. The van der Waals surface area contributed by atoms with E-state index in [1.807, 2.05) is 18.2 Å². The van der Waals surface area contributed by atoms with E-state index < -0.39 is 8.80 Å². The van der Waals surface area contributed by atoms with Crippen LogP contribution < -0.4 is 5.19 Å². The first-order valence-corrected chi connectivity index (χ1v) is 7.21. The first kappa shape index (κ1) is 9.11. The average molecular weight is 205 g/mol. The second kappa shape index (κ2) is 3.61. The number of hydrogen-bond donors (Lipinski definition) is 0. The third kappa shape index (κ3) is 1.98. The van der Waals surface area contributed by atoms with Crippen molar-refractivity contribution in [2.24, 2.45) is 0 Å². The van der Waals surface area contributed by atoms with E-state index in [-0.39, 0.29) is 0 Å². The predicted octanol–water partition coefficient (Wildman–Crippen LogP) is 2.69. The highest BCUT2D eigenvalue weighted by Crippen LogP contribution is 2.13. The highest BCUT2D eigenvalue weighted by atomic mass is 35.5. The van der Waals surface area contributed by atoms with Crippen LogP contribution in [-0.2, 0) is 0 Å². The number of halogens is 2. The van der Waals surface area contributed by atoms with Crippen molar-refractivity contribution in [3.05, 3.63) is 28.2 Å². The number of rotatable bonds is 1. The van der Waals surface area contributed by atoms with Gasteiger partial charge in [0.2, 0.25) is 0 Å². The molecule has 0 aliphatic rings. The van der Waals surface area contributed by atoms with Crippen molar-refractivity contribution in [3.63, 3.8) is 0 Å². The van der Waals surface area contributed by atoms with Crippen molar-refractivity contribution in [2.75, 3.05) is 0 Å². The lowest BCUT2D eigenvalue weighted by Gasteiger charge is -2.08. The van der Waals surface area contributed by atoms with Crippen molar-refractivity contribution in [3.8, 4) is 0 Å². The van der Waals surface area contributed by atoms with Crippen molar-refractivity contribution in [1.82, 2.24) is 0 Å². The maximum atomic E-state index is 5.97. The summed E-state index contributed by atoms with van der Waals surface area (Å²) in [7, 11) is -0.871. The highest BCUT2D eigenvalue weighted by Gasteiger charge is 2.08. The number of hydrogen-bond acceptors (Lipinski definition) is 0. The molecule has 0 atom stereocenters. The van der Waals surface area contributed by atoms with Gasteiger partial charge >= 0.3 is 0 Å². The van der Waals surface area contributed by atoms with Gasteiger partial charge in [-0.2, -0.15) is 0 Å². The molecule has 0 saturated heterocycles. The van der Waals surface area contributed by atoms with Gasteiger partial charge in [-0.1, -0.05) is 42.4 Å². The molecule has 1 aromatic rings. The van der Waals surface area contributed by atoms with Gasteiger partial charge in [-0.25, -0.2) is 0 Å². The Morgan fingerprint density at radius 3 is 1.82 bits per heavy atom. The average Bonchev–Trinajstić information content (AvgIpc) is 1.85. The molecule has 60 valence electrons. The summed E-state index contributed by atoms with van der Waals surface area (Å²) >= 11 is 11.9. The van der Waals surface area contributed by atoms with E-state index in [0.29, 0.717) is 0 Å². The Morgan fingerprint density at radius 2 is 1.55 bits per heavy atom. The van der Waals surface area contributed by atoms with E-state index in [2.05, 4.69) is 13.1 Å². The van der Waals surface area contributed by atoms with Gasteiger partial charge in [-0.3, -0.25) is 0 Å². The summed E-state index contributed by atoms with van der Waals surface area (Å²) in [4.78, 5) is 0. The number of benzene rings is 1. The Kier molecular flexibility index (Phi) is 2.99. The van der Waals surface area contributed by atoms with Crippen LogP contribution in [0, 0.1) is 0 Å². The van der Waals surface area contributed by atoms with Crippen LogP contribution in [0.15, 0.2) is 18.2 Å². The molecular formula is C8H10Cl2Si. The maximum absolute atomic E-state index is 5.97. The van der Waals surface area contributed by atoms with Crippen molar-refractivity contribution >= 4 is 37.2 Å². The summed E-state index contributed by atoms with van der Waals surface area (Å²) in [5.41, 5.74) is 0. The molecular weight excluding hydrogens is 195 g/mol. The minimum Gasteiger partial charge on any atom is -0.0844 e. The highest BCUT2D eigenvalue weighted by molar-refractivity contribution is 6.75. The Bertz CT molecular complexity index is 238. The first-order valence-electron chi connectivity index (χ1n) is 3.57. The molecule has 1 rings (SSSR count). The van der Waals surface area contributed by atoms with Crippen LogP contribution in [0.4, 0.5) is 0 Å². The molecule has 0 saturated carbocycles. The Balaban J connectivity index is 3.21. The van der Waals surface area contributed by atoms with Gasteiger partial charge in [0.1, 0.15) is 0 Å². The fourth-order valence-corrected chi connectivity index (χ4v) is 4.06. The molecule has 11 heavy (non-hydrogen) atoms. The SMILES string of the molecule is C[SiH](C)c1c(Cl)cccc1Cl. The molecule has 0 aliphatic heterocycles. The third-order valence-corrected chi connectivity index (χ3v) is 4.38. The zero-order valence-electron chi connectivity index (χ0n) is 6.57. The normalized spacial score (nSPS) is 10.6. The summed E-state index contributed by atoms with van der Waals surface area (Å²) in [6, 6.07) is 5.68. The molecule has 0 spiro atoms. The Morgan fingerprint density at radius 1 is 1.09 bits per heavy atom. The van der Waals surface area contributed by atoms with Gasteiger partial charge in [0.15, 0.2) is 0 Å². The van der Waals surface area contributed by atoms with Crippen LogP contribution in [0.3, 0.4) is 0 Å². The van der Waals surface area contributed by atoms with Gasteiger partial charge in [0.25, 0.3) is 0 Å². The molecule has 0 bridgehead atoms. The molecule has 0 heterocycles. The summed E-state index contributed by atoms with van der Waals surface area (Å²) in [5, 5.41) is 2.81. The zero-order chi connectivity index (χ0) is 8.43. The lowest BCUT2D eigenvalue weighted by Crippen LogP contribution is -2.24. The molecule has 0 aromatic heterocycles. The van der Waals surface area contributed by atoms with Crippen molar-refractivity contribution < 1.29 is 0 Å². The molecule has 0 unspecified atom stereocenters. The van der Waals surface area contributed by atoms with Crippen LogP contribution in [0.5, 0.6) is 0 Å². The van der Waals surface area contributed by atoms with Crippen LogP contribution in [0.2, 0.25) is 23.1 Å². The summed E-state index contributed by atoms with van der Waals surface area (Å²) in [5.74, 6) is 0. The molecule has 0 radical (unpaired) electrons. The van der Waals surface area contributed by atoms with Crippen LogP contribution >= 0.6 is 23.2 Å². The summed E-state index contributed by atoms with van der Waals surface area (Å²) in [6.07, 6.45) is 0. The van der Waals surface area contributed by atoms with Crippen LogP contribution in [0.1, 0.15) is 0 Å². The Labute approximate surface area is 78.7 Å². The standard InChI is InChI=1S/C8H10Cl2Si/c1-11(2)8-6(9)4-3-5-7(8)10/h3-5,11H,1-2H3. The summed E-state index contributed by atoms with van der Waals surface area (Å²) in [6.45, 7) is 4.43. The van der Waals surface area contributed by atoms with E-state index >= 15 is 0 Å². The minimum atomic E-state index is -0.871. The molecule has 0 nitrogen and oxygen atoms in total. The lowest BCUT2D eigenvalue weighted by atomic mass is 10.4. The van der Waals surface area contributed by atoms with Crippen molar-refractivity contribution in [2.45, 2.75) is 13.1 Å². The van der Waals surface area contributed by atoms with Gasteiger partial charge in [-0.05, 0) is 17.3 Å². The van der Waals surface area contributed by atoms with Gasteiger partial charge < -0.3 is 0 Å². The van der Waals surface area contributed by atoms with Gasteiger partial charge in [0.05, 0.1) is 8.80 Å². The maximum Gasteiger partial charge on any atom is 0.0686 e. The van der Waals surface area contributed by atoms with Gasteiger partial charge in [-0.15, -0.1) is 0 Å². The summed E-state index contributed by atoms with van der Waals surface area (Å²) < 4.78 is 0. The predicted molar refractivity (Wildman–Crippen MR) is 55.0 cm³/mol. The quantitative estimate of drug-likeness (QED) is 0.618. The Hall–Kier alpha value is 0.0169. The topological polar surface area (TPSA) is 0 Å². The van der Waals surface area contributed by atoms with E-state index in [9.17, 15) is 0 Å². The third-order valence-electron chi connectivity index (χ3n) is 1.58. The molecule has 0 aliphatic carbocycles. The van der Waals surface area contributed by atoms with E-state index in [4.69, 9.17) is 23.2 Å². The van der Waals surface area contributed by atoms with Crippen LogP contribution in [0.25, 0.3) is 0 Å². The van der Waals surface area contributed by atoms with E-state index in [1.165, 1.54) is 5.19 Å². The lowest BCUT2D eigenvalue weighted by molar-refractivity contribution is 1.74. The van der Waals surface area contributed by atoms with Gasteiger partial charge in [0, 0.05) is 10.0 Å². The molecule has 3 heteroatoms.